The first-order valence-electron chi connectivity index (χ1n) is 17.1. The lowest BCUT2D eigenvalue weighted by molar-refractivity contribution is -0.150. The van der Waals surface area contributed by atoms with Gasteiger partial charge in [0.1, 0.15) is 28.3 Å². The van der Waals surface area contributed by atoms with Gasteiger partial charge in [-0.15, -0.1) is 23.1 Å². The number of aromatic nitrogens is 1. The van der Waals surface area contributed by atoms with E-state index >= 15 is 0 Å². The Morgan fingerprint density at radius 3 is 2.06 bits per heavy atom. The number of hydrogen-bond acceptors (Lipinski definition) is 10. The number of anilines is 1. The Bertz CT molecular complexity index is 1930. The molecule has 11 nitrogen and oxygen atoms in total. The molecule has 7 rings (SSSR count). The molecule has 3 atom stereocenters. The third kappa shape index (κ3) is 7.03. The average molecular weight is 759 g/mol. The molecule has 0 saturated carbocycles. The van der Waals surface area contributed by atoms with Gasteiger partial charge in [0.15, 0.2) is 10.8 Å². The first kappa shape index (κ1) is 36.2. The van der Waals surface area contributed by atoms with Gasteiger partial charge in [-0.2, -0.15) is 8.78 Å². The number of nitrogens with zero attached hydrogens (tertiary/aromatic N) is 4. The number of alkyl halides is 2. The van der Waals surface area contributed by atoms with Crippen molar-refractivity contribution in [2.45, 2.75) is 49.4 Å². The summed E-state index contributed by atoms with van der Waals surface area (Å²) >= 11 is 2.47. The van der Waals surface area contributed by atoms with E-state index in [0.29, 0.717) is 16.5 Å². The van der Waals surface area contributed by atoms with Crippen LogP contribution in [0.2, 0.25) is 0 Å². The van der Waals surface area contributed by atoms with Gasteiger partial charge in [0.2, 0.25) is 0 Å². The fourth-order valence-electron chi connectivity index (χ4n) is 7.20. The summed E-state index contributed by atoms with van der Waals surface area (Å²) in [7, 11) is 0. The summed E-state index contributed by atoms with van der Waals surface area (Å²) in [5, 5.41) is 21.0. The topological polar surface area (TPSA) is 136 Å². The van der Waals surface area contributed by atoms with E-state index in [1.807, 2.05) is 97.9 Å². The summed E-state index contributed by atoms with van der Waals surface area (Å²) in [5.41, 5.74) is 1.67. The summed E-state index contributed by atoms with van der Waals surface area (Å²) < 4.78 is 26.6. The van der Waals surface area contributed by atoms with Crippen LogP contribution in [0.3, 0.4) is 0 Å². The molecule has 0 aliphatic carbocycles. The highest BCUT2D eigenvalue weighted by atomic mass is 32.2. The number of carboxylic acids is 1. The number of fused-ring (bicyclic) bond motifs is 1. The van der Waals surface area contributed by atoms with E-state index in [1.165, 1.54) is 22.0 Å². The number of carboxylic acid groups (broad SMARTS) is 1. The first-order valence-corrected chi connectivity index (χ1v) is 19.0. The number of carbonyl (C=O) groups is 3. The molecule has 1 aromatic heterocycles. The molecule has 2 unspecified atom stereocenters. The summed E-state index contributed by atoms with van der Waals surface area (Å²) in [6.45, 7) is 0.312. The molecule has 0 radical (unpaired) electrons. The number of rotatable bonds is 13. The molecule has 4 aromatic rings. The monoisotopic (exact) mass is 758 g/mol. The zero-order valence-corrected chi connectivity index (χ0v) is 30.2. The maximum atomic E-state index is 13.8. The third-order valence-electron chi connectivity index (χ3n) is 9.78. The van der Waals surface area contributed by atoms with Crippen LogP contribution in [0.1, 0.15) is 42.1 Å². The van der Waals surface area contributed by atoms with Crippen LogP contribution in [0.15, 0.2) is 113 Å². The minimum absolute atomic E-state index is 0.0634. The highest BCUT2D eigenvalue weighted by molar-refractivity contribution is 8.00. The number of amides is 2. The Kier molecular flexibility index (Phi) is 10.6. The fourth-order valence-corrected chi connectivity index (χ4v) is 9.41. The molecular weight excluding hydrogens is 723 g/mol. The van der Waals surface area contributed by atoms with E-state index in [-0.39, 0.29) is 17.4 Å². The summed E-state index contributed by atoms with van der Waals surface area (Å²) in [4.78, 5) is 52.0. The molecule has 3 N–H and O–H groups in total. The highest BCUT2D eigenvalue weighted by Crippen LogP contribution is 2.43. The summed E-state index contributed by atoms with van der Waals surface area (Å²) in [6, 6.07) is 28.0. The van der Waals surface area contributed by atoms with Gasteiger partial charge in [-0.25, -0.2) is 9.78 Å². The largest absolute Gasteiger partial charge is 0.477 e. The molecule has 2 saturated heterocycles. The molecule has 0 bridgehead atoms. The van der Waals surface area contributed by atoms with Gasteiger partial charge in [0.25, 0.3) is 11.8 Å². The lowest BCUT2D eigenvalue weighted by atomic mass is 9.77. The summed E-state index contributed by atoms with van der Waals surface area (Å²) in [5.74, 6) is -2.46. The first-order chi connectivity index (χ1) is 25.7. The molecule has 0 spiro atoms. The number of hydrogen-bond donors (Lipinski definition) is 3. The van der Waals surface area contributed by atoms with Crippen molar-refractivity contribution in [1.29, 1.82) is 0 Å². The van der Waals surface area contributed by atoms with E-state index < -0.39 is 47.1 Å². The predicted molar refractivity (Wildman–Crippen MR) is 199 cm³/mol. The number of benzene rings is 3. The van der Waals surface area contributed by atoms with Crippen molar-refractivity contribution in [2.24, 2.45) is 5.16 Å². The van der Waals surface area contributed by atoms with Crippen molar-refractivity contribution in [2.75, 3.05) is 24.2 Å². The normalized spacial score (nSPS) is 19.8. The van der Waals surface area contributed by atoms with E-state index in [0.717, 1.165) is 54.0 Å². The van der Waals surface area contributed by atoms with Gasteiger partial charge in [-0.05, 0) is 55.1 Å². The van der Waals surface area contributed by atoms with Crippen LogP contribution < -0.4 is 10.6 Å². The molecule has 2 fully saturated rings. The zero-order chi connectivity index (χ0) is 37.1. The fraction of sp³-hybridized carbons (Fsp3) is 0.289. The second kappa shape index (κ2) is 15.5. The molecular formula is C38H36F2N6O5S2. The second-order valence-electron chi connectivity index (χ2n) is 12.8. The van der Waals surface area contributed by atoms with Crippen LogP contribution in [0.4, 0.5) is 13.9 Å². The van der Waals surface area contributed by atoms with Crippen molar-refractivity contribution >= 4 is 51.7 Å². The number of oxime groups is 1. The van der Waals surface area contributed by atoms with Gasteiger partial charge in [-0.1, -0.05) is 96.2 Å². The van der Waals surface area contributed by atoms with Crippen LogP contribution in [0.5, 0.6) is 0 Å². The minimum Gasteiger partial charge on any atom is -0.477 e. The highest BCUT2D eigenvalue weighted by Gasteiger charge is 2.55. The predicted octanol–water partition coefficient (Wildman–Crippen LogP) is 5.71. The maximum absolute atomic E-state index is 13.8. The van der Waals surface area contributed by atoms with Crippen LogP contribution in [0.25, 0.3) is 0 Å². The van der Waals surface area contributed by atoms with E-state index in [2.05, 4.69) is 30.5 Å². The molecule has 3 aliphatic heterocycles. The van der Waals surface area contributed by atoms with Crippen molar-refractivity contribution in [3.05, 3.63) is 130 Å². The van der Waals surface area contributed by atoms with Crippen molar-refractivity contribution in [3.63, 3.8) is 0 Å². The van der Waals surface area contributed by atoms with Gasteiger partial charge in [0.05, 0.1) is 0 Å². The van der Waals surface area contributed by atoms with Gasteiger partial charge < -0.3 is 20.6 Å². The molecule has 274 valence electrons. The number of nitrogens with one attached hydrogen (secondary N) is 2. The Morgan fingerprint density at radius 2 is 1.53 bits per heavy atom. The number of thiazole rings is 1. The quantitative estimate of drug-likeness (QED) is 0.0678. The Hall–Kier alpha value is -5.12. The van der Waals surface area contributed by atoms with Crippen LogP contribution in [-0.4, -0.2) is 86.3 Å². The van der Waals surface area contributed by atoms with E-state index in [1.54, 1.807) is 0 Å². The SMILES string of the molecule is CC(C1=C(C(=O)O)N2C(=O)C(NC(=O)C(=NOC(F)F)c3csc(NC(c4ccccc4)(c4ccccc4)c4ccccc4)n3)[C@@H]2SC1)N1CCCC1. The van der Waals surface area contributed by atoms with Crippen LogP contribution in [0, 0.1) is 0 Å². The number of β-lactam (4-membered cyclic amide) rings is 1. The van der Waals surface area contributed by atoms with Gasteiger partial charge in [-0.3, -0.25) is 19.4 Å². The standard InChI is InChI=1S/C38H36F2N6O5S2/c1-23(45-19-11-12-20-45)27-21-52-34-30(33(48)46(34)31(27)35(49)50)42-32(47)29(44-51-36(39)40)28-22-53-37(41-28)43-38(24-13-5-2-6-14-24,25-15-7-3-8-16-25)26-17-9-4-10-18-26/h2-10,13-18,22-23,30,34,36H,11-12,19-21H2,1H3,(H,41,43)(H,42,47)(H,49,50)/t23?,30?,34-/m0/s1. The lowest BCUT2D eigenvalue weighted by Crippen LogP contribution is -2.71. The molecule has 3 aromatic carbocycles. The third-order valence-corrected chi connectivity index (χ3v) is 11.8. The number of aliphatic carboxylic acids is 1. The minimum atomic E-state index is -3.33. The molecule has 2 amide bonds. The Balaban J connectivity index is 1.17. The molecule has 3 aliphatic rings. The van der Waals surface area contributed by atoms with Crippen LogP contribution >= 0.6 is 23.1 Å². The summed E-state index contributed by atoms with van der Waals surface area (Å²) in [6.07, 6.45) is 2.05. The van der Waals surface area contributed by atoms with E-state index in [9.17, 15) is 28.3 Å². The number of carbonyl (C=O) groups excluding carboxylic acids is 2. The smallest absolute Gasteiger partial charge is 0.407 e. The number of thioether (sulfide) groups is 1. The van der Waals surface area contributed by atoms with Crippen molar-refractivity contribution < 1.29 is 33.1 Å². The maximum Gasteiger partial charge on any atom is 0.407 e. The zero-order valence-electron chi connectivity index (χ0n) is 28.5. The lowest BCUT2D eigenvalue weighted by Gasteiger charge is -2.50. The molecule has 53 heavy (non-hydrogen) atoms. The Morgan fingerprint density at radius 1 is 0.962 bits per heavy atom. The second-order valence-corrected chi connectivity index (χ2v) is 14.7. The number of halogens is 2. The van der Waals surface area contributed by atoms with Gasteiger partial charge >= 0.3 is 12.6 Å². The van der Waals surface area contributed by atoms with Crippen LogP contribution in [-0.2, 0) is 24.8 Å². The number of likely N-dealkylation sites (tertiary alicyclic amines) is 1. The van der Waals surface area contributed by atoms with Crippen molar-refractivity contribution in [1.82, 2.24) is 20.1 Å². The molecule has 15 heteroatoms. The van der Waals surface area contributed by atoms with E-state index in [4.69, 9.17) is 0 Å². The average Bonchev–Trinajstić information content (AvgIpc) is 3.89. The van der Waals surface area contributed by atoms with Gasteiger partial charge in [0, 0.05) is 17.2 Å². The Labute approximate surface area is 312 Å². The van der Waals surface area contributed by atoms with Crippen molar-refractivity contribution in [3.8, 4) is 0 Å². The molecule has 4 heterocycles.